The zero-order chi connectivity index (χ0) is 23.1. The number of carbonyl (C=O) groups is 1. The molecule has 1 amide bonds. The number of nitrogens with one attached hydrogen (secondary N) is 1. The largest absolute Gasteiger partial charge is 0.493 e. The van der Waals surface area contributed by atoms with Gasteiger partial charge in [-0.25, -0.2) is 4.39 Å². The highest BCUT2D eigenvalue weighted by Gasteiger charge is 2.15. The molecule has 32 heavy (non-hydrogen) atoms. The monoisotopic (exact) mass is 450 g/mol. The molecule has 1 N–H and O–H groups in total. The summed E-state index contributed by atoms with van der Waals surface area (Å²) in [6, 6.07) is 18.3. The quantitative estimate of drug-likeness (QED) is 0.358. The molecule has 0 radical (unpaired) electrons. The molecule has 3 rings (SSSR count). The SMILES string of the molecule is COc1cc(/C=C(/C#N)C(=O)Nc2cccc(C)c2)cc(Cl)c1OCc1ccc(F)cc1. The van der Waals surface area contributed by atoms with Crippen molar-refractivity contribution in [3.63, 3.8) is 0 Å². The van der Waals surface area contributed by atoms with Gasteiger partial charge < -0.3 is 14.8 Å². The summed E-state index contributed by atoms with van der Waals surface area (Å²) in [7, 11) is 1.46. The molecule has 0 saturated heterocycles. The maximum absolute atomic E-state index is 13.1. The Balaban J connectivity index is 1.81. The van der Waals surface area contributed by atoms with Crippen LogP contribution in [0.4, 0.5) is 10.1 Å². The minimum atomic E-state index is -0.537. The highest BCUT2D eigenvalue weighted by Crippen LogP contribution is 2.37. The number of hydrogen-bond donors (Lipinski definition) is 1. The molecule has 0 saturated carbocycles. The lowest BCUT2D eigenvalue weighted by Gasteiger charge is -2.13. The third kappa shape index (κ3) is 5.87. The molecule has 162 valence electrons. The Labute approximate surface area is 190 Å². The van der Waals surface area contributed by atoms with Crippen LogP contribution in [0.15, 0.2) is 66.2 Å². The molecule has 0 atom stereocenters. The van der Waals surface area contributed by atoms with Gasteiger partial charge in [-0.1, -0.05) is 35.9 Å². The first-order chi connectivity index (χ1) is 15.4. The van der Waals surface area contributed by atoms with Gasteiger partial charge in [0.1, 0.15) is 24.1 Å². The Morgan fingerprint density at radius 3 is 2.59 bits per heavy atom. The van der Waals surface area contributed by atoms with Crippen molar-refractivity contribution in [3.05, 3.63) is 93.8 Å². The molecule has 0 aliphatic heterocycles. The number of aryl methyl sites for hydroxylation is 1. The number of amides is 1. The van der Waals surface area contributed by atoms with E-state index in [0.717, 1.165) is 11.1 Å². The fraction of sp³-hybridized carbons (Fsp3) is 0.120. The van der Waals surface area contributed by atoms with Gasteiger partial charge in [-0.3, -0.25) is 4.79 Å². The van der Waals surface area contributed by atoms with Gasteiger partial charge in [0, 0.05) is 5.69 Å². The van der Waals surface area contributed by atoms with Crippen molar-refractivity contribution in [2.24, 2.45) is 0 Å². The molecule has 0 unspecified atom stereocenters. The number of halogens is 2. The number of ether oxygens (including phenoxy) is 2. The standard InChI is InChI=1S/C25H20ClFN2O3/c1-16-4-3-5-21(10-16)29-25(30)19(14-28)11-18-12-22(26)24(23(13-18)31-2)32-15-17-6-8-20(27)9-7-17/h3-13H,15H2,1-2H3,(H,29,30)/b19-11-. The topological polar surface area (TPSA) is 71.3 Å². The van der Waals surface area contributed by atoms with Gasteiger partial charge in [0.05, 0.1) is 12.1 Å². The van der Waals surface area contributed by atoms with Crippen LogP contribution in [-0.4, -0.2) is 13.0 Å². The van der Waals surface area contributed by atoms with Crippen molar-refractivity contribution in [3.8, 4) is 17.6 Å². The molecule has 0 heterocycles. The van der Waals surface area contributed by atoms with Gasteiger partial charge in [-0.2, -0.15) is 5.26 Å². The number of benzene rings is 3. The minimum Gasteiger partial charge on any atom is -0.493 e. The van der Waals surface area contributed by atoms with E-state index in [0.29, 0.717) is 22.7 Å². The Bertz CT molecular complexity index is 1200. The molecule has 5 nitrogen and oxygen atoms in total. The van der Waals surface area contributed by atoms with Crippen LogP contribution in [-0.2, 0) is 11.4 Å². The number of carbonyl (C=O) groups excluding carboxylic acids is 1. The third-order valence-electron chi connectivity index (χ3n) is 4.50. The summed E-state index contributed by atoms with van der Waals surface area (Å²) in [6.45, 7) is 2.07. The fourth-order valence-corrected chi connectivity index (χ4v) is 3.21. The molecule has 7 heteroatoms. The molecular formula is C25H20ClFN2O3. The van der Waals surface area contributed by atoms with E-state index in [1.165, 1.54) is 25.3 Å². The van der Waals surface area contributed by atoms with E-state index >= 15 is 0 Å². The van der Waals surface area contributed by atoms with E-state index in [1.54, 1.807) is 36.4 Å². The number of nitriles is 1. The summed E-state index contributed by atoms with van der Waals surface area (Å²) >= 11 is 6.38. The van der Waals surface area contributed by atoms with Crippen molar-refractivity contribution in [2.45, 2.75) is 13.5 Å². The molecular weight excluding hydrogens is 431 g/mol. The fourth-order valence-electron chi connectivity index (χ4n) is 2.94. The first-order valence-electron chi connectivity index (χ1n) is 9.64. The smallest absolute Gasteiger partial charge is 0.266 e. The second-order valence-electron chi connectivity index (χ2n) is 6.94. The van der Waals surface area contributed by atoms with E-state index in [1.807, 2.05) is 25.1 Å². The van der Waals surface area contributed by atoms with E-state index in [2.05, 4.69) is 5.32 Å². The summed E-state index contributed by atoms with van der Waals surface area (Å²) in [6.07, 6.45) is 1.42. The molecule has 3 aromatic rings. The summed E-state index contributed by atoms with van der Waals surface area (Å²) in [5.41, 5.74) is 2.74. The Kier molecular flexibility index (Phi) is 7.48. The molecule has 0 aromatic heterocycles. The number of methoxy groups -OCH3 is 1. The maximum atomic E-state index is 13.1. The Hall–Kier alpha value is -3.82. The Morgan fingerprint density at radius 2 is 1.94 bits per heavy atom. The second-order valence-corrected chi connectivity index (χ2v) is 7.35. The van der Waals surface area contributed by atoms with Crippen molar-refractivity contribution in [1.82, 2.24) is 0 Å². The van der Waals surface area contributed by atoms with Crippen LogP contribution < -0.4 is 14.8 Å². The van der Waals surface area contributed by atoms with Crippen LogP contribution in [0.25, 0.3) is 6.08 Å². The molecule has 0 aliphatic rings. The van der Waals surface area contributed by atoms with Crippen LogP contribution in [0.3, 0.4) is 0 Å². The number of hydrogen-bond acceptors (Lipinski definition) is 4. The average molecular weight is 451 g/mol. The van der Waals surface area contributed by atoms with Crippen molar-refractivity contribution in [1.29, 1.82) is 5.26 Å². The Morgan fingerprint density at radius 1 is 1.19 bits per heavy atom. The van der Waals surface area contributed by atoms with Crippen LogP contribution >= 0.6 is 11.6 Å². The zero-order valence-electron chi connectivity index (χ0n) is 17.5. The number of nitrogens with zero attached hydrogens (tertiary/aromatic N) is 1. The van der Waals surface area contributed by atoms with E-state index in [9.17, 15) is 14.4 Å². The van der Waals surface area contributed by atoms with Crippen molar-refractivity contribution in [2.75, 3.05) is 12.4 Å². The number of rotatable bonds is 7. The predicted octanol–water partition coefficient (Wildman–Crippen LogP) is 5.92. The molecule has 0 spiro atoms. The average Bonchev–Trinajstić information content (AvgIpc) is 2.77. The lowest BCUT2D eigenvalue weighted by molar-refractivity contribution is -0.112. The molecule has 0 bridgehead atoms. The highest BCUT2D eigenvalue weighted by molar-refractivity contribution is 6.32. The first kappa shape index (κ1) is 22.9. The first-order valence-corrected chi connectivity index (χ1v) is 10.0. The van der Waals surface area contributed by atoms with Crippen LogP contribution in [0.5, 0.6) is 11.5 Å². The van der Waals surface area contributed by atoms with E-state index in [4.69, 9.17) is 21.1 Å². The normalized spacial score (nSPS) is 10.9. The van der Waals surface area contributed by atoms with Crippen molar-refractivity contribution < 1.29 is 18.7 Å². The summed E-state index contributed by atoms with van der Waals surface area (Å²) in [5, 5.41) is 12.4. The van der Waals surface area contributed by atoms with Gasteiger partial charge in [-0.15, -0.1) is 0 Å². The summed E-state index contributed by atoms with van der Waals surface area (Å²) in [4.78, 5) is 12.5. The maximum Gasteiger partial charge on any atom is 0.266 e. The van der Waals surface area contributed by atoms with Gasteiger partial charge in [0.2, 0.25) is 0 Å². The summed E-state index contributed by atoms with van der Waals surface area (Å²) in [5.74, 6) is -0.231. The van der Waals surface area contributed by atoms with Gasteiger partial charge in [0.15, 0.2) is 11.5 Å². The van der Waals surface area contributed by atoms with E-state index < -0.39 is 5.91 Å². The molecule has 0 aliphatic carbocycles. The summed E-state index contributed by atoms with van der Waals surface area (Å²) < 4.78 is 24.2. The van der Waals surface area contributed by atoms with Crippen molar-refractivity contribution >= 4 is 29.3 Å². The second kappa shape index (κ2) is 10.5. The minimum absolute atomic E-state index is 0.0930. The third-order valence-corrected chi connectivity index (χ3v) is 4.78. The van der Waals surface area contributed by atoms with Gasteiger partial charge >= 0.3 is 0 Å². The van der Waals surface area contributed by atoms with Crippen LogP contribution in [0, 0.1) is 24.1 Å². The van der Waals surface area contributed by atoms with Crippen LogP contribution in [0.1, 0.15) is 16.7 Å². The predicted molar refractivity (Wildman–Crippen MR) is 122 cm³/mol. The lowest BCUT2D eigenvalue weighted by atomic mass is 10.1. The van der Waals surface area contributed by atoms with Crippen LogP contribution in [0.2, 0.25) is 5.02 Å². The van der Waals surface area contributed by atoms with E-state index in [-0.39, 0.29) is 23.0 Å². The molecule has 0 fully saturated rings. The van der Waals surface area contributed by atoms with Gasteiger partial charge in [-0.05, 0) is 66.1 Å². The highest BCUT2D eigenvalue weighted by atomic mass is 35.5. The van der Waals surface area contributed by atoms with Gasteiger partial charge in [0.25, 0.3) is 5.91 Å². The lowest BCUT2D eigenvalue weighted by Crippen LogP contribution is -2.13. The number of anilines is 1. The zero-order valence-corrected chi connectivity index (χ0v) is 18.2. The molecule has 3 aromatic carbocycles.